The summed E-state index contributed by atoms with van der Waals surface area (Å²) in [6.07, 6.45) is 0.185. The van der Waals surface area contributed by atoms with Gasteiger partial charge in [-0.15, -0.1) is 0 Å². The Hall–Kier alpha value is -2.43. The van der Waals surface area contributed by atoms with Gasteiger partial charge in [-0.05, 0) is 57.5 Å². The number of halogens is 1. The lowest BCUT2D eigenvalue weighted by Crippen LogP contribution is -2.48. The van der Waals surface area contributed by atoms with Crippen molar-refractivity contribution in [1.29, 1.82) is 0 Å². The Labute approximate surface area is 176 Å². The third kappa shape index (κ3) is 4.44. The number of hydrogen-bond acceptors (Lipinski definition) is 4. The summed E-state index contributed by atoms with van der Waals surface area (Å²) >= 11 is 6.05. The molecule has 1 aliphatic rings. The zero-order chi connectivity index (χ0) is 21.3. The number of anilines is 1. The SMILES string of the molecule is CC(=O)C1=C(Nc2ccc(C)cc2)C[C@](C)(O)[C@@H](C(C)=O)[C@@H]1c1ccc(Cl)cc1. The highest BCUT2D eigenvalue weighted by molar-refractivity contribution is 6.30. The van der Waals surface area contributed by atoms with Gasteiger partial charge in [0, 0.05) is 34.3 Å². The van der Waals surface area contributed by atoms with Crippen LogP contribution in [0.3, 0.4) is 0 Å². The van der Waals surface area contributed by atoms with Gasteiger partial charge in [-0.3, -0.25) is 9.59 Å². The lowest BCUT2D eigenvalue weighted by atomic mass is 9.64. The average molecular weight is 412 g/mol. The Balaban J connectivity index is 2.19. The van der Waals surface area contributed by atoms with Crippen molar-refractivity contribution in [2.75, 3.05) is 5.32 Å². The first-order chi connectivity index (χ1) is 13.6. The van der Waals surface area contributed by atoms with Crippen LogP contribution in [0.1, 0.15) is 44.2 Å². The molecule has 3 rings (SSSR count). The van der Waals surface area contributed by atoms with Crippen LogP contribution in [-0.4, -0.2) is 22.3 Å². The number of ketones is 2. The van der Waals surface area contributed by atoms with E-state index in [1.807, 2.05) is 43.3 Å². The normalized spacial score (nSPS) is 24.3. The quantitative estimate of drug-likeness (QED) is 0.722. The first-order valence-corrected chi connectivity index (χ1v) is 10.0. The first-order valence-electron chi connectivity index (χ1n) is 9.66. The maximum absolute atomic E-state index is 12.8. The van der Waals surface area contributed by atoms with Gasteiger partial charge in [0.15, 0.2) is 5.78 Å². The predicted octanol–water partition coefficient (Wildman–Crippen LogP) is 5.05. The molecule has 0 amide bonds. The second kappa shape index (κ2) is 8.13. The number of nitrogens with one attached hydrogen (secondary N) is 1. The number of rotatable bonds is 5. The molecule has 0 heterocycles. The molecule has 0 spiro atoms. The molecule has 2 N–H and O–H groups in total. The van der Waals surface area contributed by atoms with Crippen LogP contribution in [0.25, 0.3) is 0 Å². The van der Waals surface area contributed by atoms with Gasteiger partial charge >= 0.3 is 0 Å². The number of hydrogen-bond donors (Lipinski definition) is 2. The maximum Gasteiger partial charge on any atom is 0.158 e. The number of carbonyl (C=O) groups is 2. The van der Waals surface area contributed by atoms with Crippen molar-refractivity contribution in [2.45, 2.75) is 45.6 Å². The van der Waals surface area contributed by atoms with E-state index in [2.05, 4.69) is 5.32 Å². The first kappa shape index (κ1) is 21.3. The monoisotopic (exact) mass is 411 g/mol. The van der Waals surface area contributed by atoms with Crippen LogP contribution in [0, 0.1) is 12.8 Å². The smallest absolute Gasteiger partial charge is 0.158 e. The van der Waals surface area contributed by atoms with Gasteiger partial charge < -0.3 is 10.4 Å². The molecule has 4 nitrogen and oxygen atoms in total. The van der Waals surface area contributed by atoms with Gasteiger partial charge in [0.1, 0.15) is 5.78 Å². The van der Waals surface area contributed by atoms with E-state index in [1.165, 1.54) is 13.8 Å². The molecule has 0 bridgehead atoms. The van der Waals surface area contributed by atoms with Crippen molar-refractivity contribution >= 4 is 28.9 Å². The Morgan fingerprint density at radius 1 is 1.07 bits per heavy atom. The van der Waals surface area contributed by atoms with Crippen molar-refractivity contribution < 1.29 is 14.7 Å². The Morgan fingerprint density at radius 3 is 2.17 bits per heavy atom. The van der Waals surface area contributed by atoms with Crippen LogP contribution < -0.4 is 5.32 Å². The number of aryl methyl sites for hydroxylation is 1. The molecule has 0 aliphatic heterocycles. The van der Waals surface area contributed by atoms with Crippen LogP contribution >= 0.6 is 11.6 Å². The summed E-state index contributed by atoms with van der Waals surface area (Å²) in [6.45, 7) is 6.64. The van der Waals surface area contributed by atoms with E-state index >= 15 is 0 Å². The Morgan fingerprint density at radius 2 is 1.66 bits per heavy atom. The molecule has 3 atom stereocenters. The fourth-order valence-electron chi connectivity index (χ4n) is 4.33. The minimum Gasteiger partial charge on any atom is -0.389 e. The molecule has 0 radical (unpaired) electrons. The molecular weight excluding hydrogens is 386 g/mol. The molecular formula is C24H26ClNO3. The van der Waals surface area contributed by atoms with Gasteiger partial charge in [-0.1, -0.05) is 41.4 Å². The highest BCUT2D eigenvalue weighted by Crippen LogP contribution is 2.47. The number of Topliss-reactive ketones (excluding diaryl/α,β-unsaturated/α-hetero) is 2. The second-order valence-corrected chi connectivity index (χ2v) is 8.53. The predicted molar refractivity (Wildman–Crippen MR) is 116 cm³/mol. The van der Waals surface area contributed by atoms with Gasteiger partial charge in [0.25, 0.3) is 0 Å². The van der Waals surface area contributed by atoms with E-state index in [4.69, 9.17) is 11.6 Å². The second-order valence-electron chi connectivity index (χ2n) is 8.09. The van der Waals surface area contributed by atoms with Crippen molar-refractivity contribution in [3.8, 4) is 0 Å². The van der Waals surface area contributed by atoms with E-state index in [0.717, 1.165) is 16.8 Å². The Kier molecular flexibility index (Phi) is 5.97. The van der Waals surface area contributed by atoms with Gasteiger partial charge in [-0.25, -0.2) is 0 Å². The maximum atomic E-state index is 12.8. The molecule has 0 saturated heterocycles. The minimum absolute atomic E-state index is 0.124. The highest BCUT2D eigenvalue weighted by atomic mass is 35.5. The van der Waals surface area contributed by atoms with Crippen LogP contribution in [-0.2, 0) is 9.59 Å². The highest BCUT2D eigenvalue weighted by Gasteiger charge is 2.49. The third-order valence-electron chi connectivity index (χ3n) is 5.57. The van der Waals surface area contributed by atoms with Crippen molar-refractivity contribution in [1.82, 2.24) is 0 Å². The zero-order valence-electron chi connectivity index (χ0n) is 17.1. The van der Waals surface area contributed by atoms with Crippen LogP contribution in [0.15, 0.2) is 59.8 Å². The number of carbonyl (C=O) groups excluding carboxylic acids is 2. The minimum atomic E-state index is -1.30. The lowest BCUT2D eigenvalue weighted by molar-refractivity contribution is -0.131. The van der Waals surface area contributed by atoms with Crippen LogP contribution in [0.5, 0.6) is 0 Å². The number of allylic oxidation sites excluding steroid dienone is 1. The van der Waals surface area contributed by atoms with E-state index in [1.54, 1.807) is 19.1 Å². The standard InChI is InChI=1S/C24H26ClNO3/c1-14-5-11-19(12-6-14)26-20-13-24(4,29)23(16(3)28)22(21(20)15(2)27)17-7-9-18(25)10-8-17/h5-12,22-23,26,29H,13H2,1-4H3/t22-,23+,24+/m1/s1. The summed E-state index contributed by atoms with van der Waals surface area (Å²) in [7, 11) is 0. The van der Waals surface area contributed by atoms with E-state index in [0.29, 0.717) is 16.3 Å². The van der Waals surface area contributed by atoms with Gasteiger partial charge in [-0.2, -0.15) is 0 Å². The molecule has 0 saturated carbocycles. The van der Waals surface area contributed by atoms with Crippen LogP contribution in [0.4, 0.5) is 5.69 Å². The van der Waals surface area contributed by atoms with Gasteiger partial charge in [0.2, 0.25) is 0 Å². The third-order valence-corrected chi connectivity index (χ3v) is 5.82. The van der Waals surface area contributed by atoms with Crippen molar-refractivity contribution in [3.63, 3.8) is 0 Å². The Bertz CT molecular complexity index is 959. The zero-order valence-corrected chi connectivity index (χ0v) is 17.9. The summed E-state index contributed by atoms with van der Waals surface area (Å²) in [5.74, 6) is -1.56. The summed E-state index contributed by atoms with van der Waals surface area (Å²) < 4.78 is 0. The molecule has 0 unspecified atom stereocenters. The topological polar surface area (TPSA) is 66.4 Å². The molecule has 5 heteroatoms. The van der Waals surface area contributed by atoms with E-state index in [-0.39, 0.29) is 18.0 Å². The largest absolute Gasteiger partial charge is 0.389 e. The number of benzene rings is 2. The fourth-order valence-corrected chi connectivity index (χ4v) is 4.46. The molecule has 29 heavy (non-hydrogen) atoms. The summed E-state index contributed by atoms with van der Waals surface area (Å²) in [5, 5.41) is 15.1. The molecule has 2 aromatic rings. The molecule has 0 aromatic heterocycles. The summed E-state index contributed by atoms with van der Waals surface area (Å²) in [4.78, 5) is 25.4. The summed E-state index contributed by atoms with van der Waals surface area (Å²) in [6, 6.07) is 14.9. The fraction of sp³-hybridized carbons (Fsp3) is 0.333. The average Bonchev–Trinajstić information content (AvgIpc) is 2.62. The molecule has 0 fully saturated rings. The number of aliphatic hydroxyl groups is 1. The van der Waals surface area contributed by atoms with Crippen LogP contribution in [0.2, 0.25) is 5.02 Å². The van der Waals surface area contributed by atoms with Gasteiger partial charge in [0.05, 0.1) is 11.5 Å². The molecule has 152 valence electrons. The lowest BCUT2D eigenvalue weighted by Gasteiger charge is -2.43. The van der Waals surface area contributed by atoms with E-state index in [9.17, 15) is 14.7 Å². The molecule has 1 aliphatic carbocycles. The van der Waals surface area contributed by atoms with Crippen molar-refractivity contribution in [3.05, 3.63) is 76.0 Å². The molecule has 2 aromatic carbocycles. The van der Waals surface area contributed by atoms with E-state index < -0.39 is 17.4 Å². The van der Waals surface area contributed by atoms with Crippen molar-refractivity contribution in [2.24, 2.45) is 5.92 Å². The summed E-state index contributed by atoms with van der Waals surface area (Å²) in [5.41, 5.74) is 2.60.